The molecule has 0 atom stereocenters. The lowest BCUT2D eigenvalue weighted by Crippen LogP contribution is -2.15. The summed E-state index contributed by atoms with van der Waals surface area (Å²) in [4.78, 5) is 4.12. The lowest BCUT2D eigenvalue weighted by molar-refractivity contribution is -0.137. The van der Waals surface area contributed by atoms with E-state index in [9.17, 15) is 17.6 Å². The van der Waals surface area contributed by atoms with E-state index in [1.807, 2.05) is 0 Å². The van der Waals surface area contributed by atoms with Gasteiger partial charge >= 0.3 is 6.18 Å². The number of ether oxygens (including phenoxy) is 3. The van der Waals surface area contributed by atoms with Gasteiger partial charge in [-0.25, -0.2) is 13.8 Å². The van der Waals surface area contributed by atoms with E-state index in [1.165, 1.54) is 27.5 Å². The van der Waals surface area contributed by atoms with Gasteiger partial charge in [0, 0.05) is 29.2 Å². The Balaban J connectivity index is 1.59. The van der Waals surface area contributed by atoms with Crippen LogP contribution in [0, 0.1) is 18.6 Å². The number of hydrogen-bond acceptors (Lipinski definition) is 8. The van der Waals surface area contributed by atoms with E-state index in [0.29, 0.717) is 16.6 Å². The maximum absolute atomic E-state index is 15.1. The molecule has 0 unspecified atom stereocenters. The number of rotatable bonds is 9. The first-order valence-electron chi connectivity index (χ1n) is 10.9. The van der Waals surface area contributed by atoms with E-state index in [2.05, 4.69) is 9.36 Å². The second-order valence-electron chi connectivity index (χ2n) is 7.82. The zero-order valence-electron chi connectivity index (χ0n) is 20.2. The minimum atomic E-state index is -4.53. The molecule has 200 valence electrons. The minimum absolute atomic E-state index is 0.0289. The summed E-state index contributed by atoms with van der Waals surface area (Å²) in [6.45, 7) is 1.59. The Bertz CT molecular complexity index is 1420. The molecule has 38 heavy (non-hydrogen) atoms. The van der Waals surface area contributed by atoms with Crippen molar-refractivity contribution in [3.63, 3.8) is 0 Å². The van der Waals surface area contributed by atoms with Gasteiger partial charge in [-0.1, -0.05) is 0 Å². The van der Waals surface area contributed by atoms with Gasteiger partial charge in [0.05, 0.1) is 31.2 Å². The molecule has 0 amide bonds. The van der Waals surface area contributed by atoms with Crippen molar-refractivity contribution in [3.8, 4) is 23.0 Å². The maximum Gasteiger partial charge on any atom is 0.416 e. The van der Waals surface area contributed by atoms with E-state index < -0.39 is 29.1 Å². The van der Waals surface area contributed by atoms with Crippen LogP contribution in [0.3, 0.4) is 0 Å². The molecule has 1 aromatic heterocycles. The molecule has 0 aliphatic heterocycles. The molecule has 0 fully saturated rings. The largest absolute Gasteiger partial charge is 0.497 e. The molecule has 0 spiro atoms. The molecule has 4 rings (SSSR count). The number of anilines is 1. The van der Waals surface area contributed by atoms with Crippen molar-refractivity contribution < 1.29 is 36.2 Å². The fraction of sp³-hybridized carbons (Fsp3) is 0.200. The Kier molecular flexibility index (Phi) is 8.26. The van der Waals surface area contributed by atoms with Gasteiger partial charge in [-0.3, -0.25) is 4.31 Å². The van der Waals surface area contributed by atoms with Crippen molar-refractivity contribution in [2.45, 2.75) is 24.5 Å². The molecule has 0 saturated heterocycles. The quantitative estimate of drug-likeness (QED) is 0.151. The molecular weight excluding hydrogens is 549 g/mol. The van der Waals surface area contributed by atoms with Crippen LogP contribution in [-0.4, -0.2) is 23.6 Å². The van der Waals surface area contributed by atoms with Gasteiger partial charge in [-0.15, -0.1) is 0 Å². The zero-order valence-corrected chi connectivity index (χ0v) is 21.8. The summed E-state index contributed by atoms with van der Waals surface area (Å²) in [7, 11) is 3.04. The van der Waals surface area contributed by atoms with Crippen LogP contribution in [0.15, 0.2) is 59.8 Å². The van der Waals surface area contributed by atoms with Crippen LogP contribution in [0.5, 0.6) is 23.0 Å². The van der Waals surface area contributed by atoms with Crippen LogP contribution >= 0.6 is 23.5 Å². The first-order chi connectivity index (χ1) is 18.1. The maximum atomic E-state index is 15.1. The van der Waals surface area contributed by atoms with Crippen molar-refractivity contribution in [2.24, 2.45) is 0 Å². The number of halogens is 5. The monoisotopic (exact) mass is 569 g/mol. The molecule has 0 bridgehead atoms. The summed E-state index contributed by atoms with van der Waals surface area (Å²) in [5, 5.41) is 0.438. The topological polar surface area (TPSA) is 56.7 Å². The third-order valence-corrected chi connectivity index (χ3v) is 7.12. The fourth-order valence-corrected chi connectivity index (χ4v) is 4.91. The summed E-state index contributed by atoms with van der Waals surface area (Å²) in [5.41, 5.74) is -0.0189. The lowest BCUT2D eigenvalue weighted by atomic mass is 10.1. The van der Waals surface area contributed by atoms with Crippen LogP contribution in [0.1, 0.15) is 16.7 Å². The minimum Gasteiger partial charge on any atom is -0.497 e. The molecule has 6 nitrogen and oxygen atoms in total. The standard InChI is InChI=1S/C25H20F5N3O3S2/c1-14-8-16(25(28,29)30)5-7-20(14)36-22-10-19(27)23(11-18(22)26)38-33(24-31-13-32-37-24)12-15-4-6-17(34-2)9-21(15)35-3/h4-11,13H,12H2,1-3H3. The first kappa shape index (κ1) is 27.5. The van der Waals surface area contributed by atoms with Crippen molar-refractivity contribution >= 4 is 28.6 Å². The first-order valence-corrected chi connectivity index (χ1v) is 12.4. The number of aryl methyl sites for hydroxylation is 1. The SMILES string of the molecule is COc1ccc(CN(Sc2cc(F)c(Oc3ccc(C(F)(F)F)cc3C)cc2F)c2ncns2)c(OC)c1. The number of aromatic nitrogens is 2. The highest BCUT2D eigenvalue weighted by Gasteiger charge is 2.31. The summed E-state index contributed by atoms with van der Waals surface area (Å²) < 4.78 is 90.6. The number of benzene rings is 3. The predicted molar refractivity (Wildman–Crippen MR) is 134 cm³/mol. The van der Waals surface area contributed by atoms with E-state index in [1.54, 1.807) is 22.5 Å². The Morgan fingerprint density at radius 2 is 1.71 bits per heavy atom. The van der Waals surface area contributed by atoms with Gasteiger partial charge in [0.25, 0.3) is 0 Å². The van der Waals surface area contributed by atoms with Gasteiger partial charge in [0.15, 0.2) is 11.6 Å². The lowest BCUT2D eigenvalue weighted by Gasteiger charge is -2.22. The number of nitrogens with zero attached hydrogens (tertiary/aromatic N) is 3. The Hall–Kier alpha value is -3.58. The highest BCUT2D eigenvalue weighted by atomic mass is 32.2. The third kappa shape index (κ3) is 6.27. The molecule has 0 N–H and O–H groups in total. The summed E-state index contributed by atoms with van der Waals surface area (Å²) in [5.74, 6) is -1.07. The average Bonchev–Trinajstić information content (AvgIpc) is 3.42. The molecule has 1 heterocycles. The Morgan fingerprint density at radius 1 is 0.921 bits per heavy atom. The van der Waals surface area contributed by atoms with Gasteiger partial charge in [0.1, 0.15) is 29.4 Å². The number of hydrogen-bond donors (Lipinski definition) is 0. The molecule has 0 aliphatic rings. The highest BCUT2D eigenvalue weighted by molar-refractivity contribution is 8.00. The molecule has 4 aromatic rings. The third-order valence-electron chi connectivity index (χ3n) is 5.29. The average molecular weight is 570 g/mol. The van der Waals surface area contributed by atoms with Crippen LogP contribution in [0.4, 0.5) is 27.1 Å². The Morgan fingerprint density at radius 3 is 2.34 bits per heavy atom. The van der Waals surface area contributed by atoms with E-state index in [-0.39, 0.29) is 22.8 Å². The van der Waals surface area contributed by atoms with E-state index in [0.717, 1.165) is 59.4 Å². The smallest absolute Gasteiger partial charge is 0.416 e. The summed E-state index contributed by atoms with van der Waals surface area (Å²) >= 11 is 1.96. The van der Waals surface area contributed by atoms with Gasteiger partial charge < -0.3 is 14.2 Å². The number of methoxy groups -OCH3 is 2. The molecular formula is C25H20F5N3O3S2. The Labute approximate surface area is 223 Å². The predicted octanol–water partition coefficient (Wildman–Crippen LogP) is 7.67. The van der Waals surface area contributed by atoms with Gasteiger partial charge in [-0.2, -0.15) is 17.5 Å². The van der Waals surface area contributed by atoms with Crippen molar-refractivity contribution in [2.75, 3.05) is 18.5 Å². The van der Waals surface area contributed by atoms with Crippen LogP contribution in [0.2, 0.25) is 0 Å². The second kappa shape index (κ2) is 11.4. The molecule has 0 aliphatic carbocycles. The molecule has 0 saturated carbocycles. The zero-order chi connectivity index (χ0) is 27.4. The van der Waals surface area contributed by atoms with Crippen molar-refractivity contribution in [3.05, 3.63) is 83.2 Å². The second-order valence-corrected chi connectivity index (χ2v) is 9.64. The van der Waals surface area contributed by atoms with Gasteiger partial charge in [-0.05, 0) is 60.8 Å². The normalized spacial score (nSPS) is 11.4. The van der Waals surface area contributed by atoms with Crippen LogP contribution in [-0.2, 0) is 12.7 Å². The van der Waals surface area contributed by atoms with Crippen molar-refractivity contribution in [1.29, 1.82) is 0 Å². The van der Waals surface area contributed by atoms with Gasteiger partial charge in [0.2, 0.25) is 5.13 Å². The molecule has 0 radical (unpaired) electrons. The van der Waals surface area contributed by atoms with Crippen LogP contribution < -0.4 is 18.5 Å². The van der Waals surface area contributed by atoms with E-state index in [4.69, 9.17) is 14.2 Å². The van der Waals surface area contributed by atoms with Crippen LogP contribution in [0.25, 0.3) is 0 Å². The highest BCUT2D eigenvalue weighted by Crippen LogP contribution is 2.39. The fourth-order valence-electron chi connectivity index (χ4n) is 3.39. The van der Waals surface area contributed by atoms with Crippen molar-refractivity contribution in [1.82, 2.24) is 9.36 Å². The summed E-state index contributed by atoms with van der Waals surface area (Å²) in [6.07, 6.45) is -3.19. The van der Waals surface area contributed by atoms with E-state index >= 15 is 4.39 Å². The summed E-state index contributed by atoms with van der Waals surface area (Å²) in [6, 6.07) is 9.79. The molecule has 13 heteroatoms. The molecule has 3 aromatic carbocycles. The number of alkyl halides is 3.